The molecule has 24 heavy (non-hydrogen) atoms. The molecule has 0 aliphatic heterocycles. The summed E-state index contributed by atoms with van der Waals surface area (Å²) in [4.78, 5) is 13.9. The maximum absolute atomic E-state index is 10.7. The lowest BCUT2D eigenvalue weighted by atomic mass is 10.0. The second-order valence-electron chi connectivity index (χ2n) is 5.30. The topological polar surface area (TPSA) is 70.2 Å². The van der Waals surface area contributed by atoms with Crippen LogP contribution in [0, 0.1) is 10.1 Å². The van der Waals surface area contributed by atoms with Crippen LogP contribution in [0.15, 0.2) is 73.2 Å². The molecule has 0 atom stereocenters. The van der Waals surface area contributed by atoms with Crippen molar-refractivity contribution in [3.05, 3.63) is 94.4 Å². The summed E-state index contributed by atoms with van der Waals surface area (Å²) in [5, 5.41) is 10.7. The summed E-state index contributed by atoms with van der Waals surface area (Å²) in [6.45, 7) is 0.916. The molecule has 0 N–H and O–H groups in total. The Morgan fingerprint density at radius 1 is 1.04 bits per heavy atom. The summed E-state index contributed by atoms with van der Waals surface area (Å²) in [6.07, 6.45) is 2.68. The molecule has 3 aromatic rings. The molecule has 3 rings (SSSR count). The first-order chi connectivity index (χ1) is 11.7. The van der Waals surface area contributed by atoms with Crippen molar-refractivity contribution in [3.8, 4) is 0 Å². The molecule has 0 unspecified atom stereocenters. The van der Waals surface area contributed by atoms with Crippen LogP contribution in [0.3, 0.4) is 0 Å². The van der Waals surface area contributed by atoms with Gasteiger partial charge in [0.25, 0.3) is 0 Å². The van der Waals surface area contributed by atoms with E-state index in [1.807, 2.05) is 60.7 Å². The van der Waals surface area contributed by atoms with Crippen LogP contribution < -0.4 is 0 Å². The van der Waals surface area contributed by atoms with E-state index in [1.165, 1.54) is 12.5 Å². The molecular weight excluding hydrogens is 306 g/mol. The smallest absolute Gasteiger partial charge is 0.367 e. The van der Waals surface area contributed by atoms with Gasteiger partial charge >= 0.3 is 5.82 Å². The first kappa shape index (κ1) is 15.9. The molecule has 0 aliphatic carbocycles. The molecule has 0 fully saturated rings. The molecule has 0 amide bonds. The average Bonchev–Trinajstić information content (AvgIpc) is 3.09. The lowest BCUT2D eigenvalue weighted by Crippen LogP contribution is -2.11. The molecule has 2 aromatic carbocycles. The van der Waals surface area contributed by atoms with Crippen LogP contribution >= 0.6 is 0 Å². The molecule has 0 bridgehead atoms. The van der Waals surface area contributed by atoms with Gasteiger partial charge in [-0.25, -0.2) is 0 Å². The van der Waals surface area contributed by atoms with Crippen LogP contribution in [0.4, 0.5) is 5.82 Å². The van der Waals surface area contributed by atoms with Crippen molar-refractivity contribution in [2.24, 2.45) is 0 Å². The first-order valence-electron chi connectivity index (χ1n) is 7.61. The molecule has 0 radical (unpaired) electrons. The molecule has 1 heterocycles. The second-order valence-corrected chi connectivity index (χ2v) is 5.30. The lowest BCUT2D eigenvalue weighted by molar-refractivity contribution is -0.389. The van der Waals surface area contributed by atoms with E-state index < -0.39 is 4.92 Å². The van der Waals surface area contributed by atoms with Gasteiger partial charge in [0.15, 0.2) is 0 Å². The average molecular weight is 323 g/mol. The zero-order valence-corrected chi connectivity index (χ0v) is 13.0. The van der Waals surface area contributed by atoms with Crippen molar-refractivity contribution in [1.29, 1.82) is 0 Å². The predicted molar refractivity (Wildman–Crippen MR) is 89.6 cm³/mol. The zero-order valence-electron chi connectivity index (χ0n) is 13.0. The number of imidazole rings is 1. The lowest BCUT2D eigenvalue weighted by Gasteiger charge is -2.19. The highest BCUT2D eigenvalue weighted by molar-refractivity contribution is 5.29. The molecule has 6 nitrogen and oxygen atoms in total. The quantitative estimate of drug-likeness (QED) is 0.492. The predicted octanol–water partition coefficient (Wildman–Crippen LogP) is 3.60. The maximum Gasteiger partial charge on any atom is 0.381 e. The number of nitro groups is 1. The third kappa shape index (κ3) is 3.85. The van der Waals surface area contributed by atoms with Gasteiger partial charge in [0, 0.05) is 6.54 Å². The van der Waals surface area contributed by atoms with Gasteiger partial charge in [-0.05, 0) is 21.0 Å². The van der Waals surface area contributed by atoms with Gasteiger partial charge in [0.1, 0.15) is 12.3 Å². The van der Waals surface area contributed by atoms with Gasteiger partial charge in [-0.3, -0.25) is 0 Å². The standard InChI is InChI=1S/C18H17N3O3/c22-21(23)17-13-20(14-19-17)11-12-24-18(15-7-3-1-4-8-15)16-9-5-2-6-10-16/h1-10,13-14,18H,11-12H2. The van der Waals surface area contributed by atoms with E-state index in [1.54, 1.807) is 4.57 Å². The molecule has 0 saturated heterocycles. The number of benzene rings is 2. The van der Waals surface area contributed by atoms with Crippen molar-refractivity contribution in [2.45, 2.75) is 12.6 Å². The fraction of sp³-hybridized carbons (Fsp3) is 0.167. The summed E-state index contributed by atoms with van der Waals surface area (Å²) in [7, 11) is 0. The highest BCUT2D eigenvalue weighted by Crippen LogP contribution is 2.25. The minimum atomic E-state index is -0.506. The van der Waals surface area contributed by atoms with E-state index in [0.717, 1.165) is 11.1 Å². The summed E-state index contributed by atoms with van der Waals surface area (Å²) in [5.74, 6) is -0.155. The molecule has 1 aromatic heterocycles. The number of hydrogen-bond acceptors (Lipinski definition) is 4. The van der Waals surface area contributed by atoms with Crippen molar-refractivity contribution in [2.75, 3.05) is 6.61 Å². The maximum atomic E-state index is 10.7. The summed E-state index contributed by atoms with van der Waals surface area (Å²) < 4.78 is 7.73. The van der Waals surface area contributed by atoms with Crippen LogP contribution in [-0.2, 0) is 11.3 Å². The number of rotatable bonds is 7. The Bertz CT molecular complexity index is 748. The minimum Gasteiger partial charge on any atom is -0.367 e. The zero-order chi connectivity index (χ0) is 16.8. The van der Waals surface area contributed by atoms with Crippen LogP contribution in [0.25, 0.3) is 0 Å². The second kappa shape index (κ2) is 7.52. The minimum absolute atomic E-state index is 0.155. The Hall–Kier alpha value is -2.99. The van der Waals surface area contributed by atoms with Crippen molar-refractivity contribution >= 4 is 5.82 Å². The Kier molecular flexibility index (Phi) is 4.98. The van der Waals surface area contributed by atoms with Gasteiger partial charge < -0.3 is 19.4 Å². The Balaban J connectivity index is 1.69. The Morgan fingerprint density at radius 2 is 1.62 bits per heavy atom. The summed E-state index contributed by atoms with van der Waals surface area (Å²) in [6, 6.07) is 20.0. The number of nitrogens with zero attached hydrogens (tertiary/aromatic N) is 3. The molecule has 0 saturated carbocycles. The molecule has 0 spiro atoms. The van der Waals surface area contributed by atoms with Gasteiger partial charge in [-0.2, -0.15) is 0 Å². The van der Waals surface area contributed by atoms with Gasteiger partial charge in [-0.15, -0.1) is 0 Å². The fourth-order valence-corrected chi connectivity index (χ4v) is 2.48. The van der Waals surface area contributed by atoms with E-state index >= 15 is 0 Å². The number of aromatic nitrogens is 2. The third-order valence-electron chi connectivity index (χ3n) is 3.65. The van der Waals surface area contributed by atoms with E-state index in [-0.39, 0.29) is 11.9 Å². The van der Waals surface area contributed by atoms with Gasteiger partial charge in [0.05, 0.1) is 6.61 Å². The Labute approximate surface area is 139 Å². The highest BCUT2D eigenvalue weighted by atomic mass is 16.6. The number of hydrogen-bond donors (Lipinski definition) is 0. The van der Waals surface area contributed by atoms with Crippen LogP contribution in [0.1, 0.15) is 17.2 Å². The molecular formula is C18H17N3O3. The summed E-state index contributed by atoms with van der Waals surface area (Å²) in [5.41, 5.74) is 2.14. The monoisotopic (exact) mass is 323 g/mol. The normalized spacial score (nSPS) is 10.9. The van der Waals surface area contributed by atoms with E-state index in [9.17, 15) is 10.1 Å². The molecule has 6 heteroatoms. The first-order valence-corrected chi connectivity index (χ1v) is 7.61. The SMILES string of the molecule is O=[N+]([O-])c1cn(CCOC(c2ccccc2)c2ccccc2)cn1. The number of ether oxygens (including phenoxy) is 1. The molecule has 122 valence electrons. The highest BCUT2D eigenvalue weighted by Gasteiger charge is 2.15. The molecule has 0 aliphatic rings. The van der Waals surface area contributed by atoms with Gasteiger partial charge in [-0.1, -0.05) is 60.7 Å². The van der Waals surface area contributed by atoms with E-state index in [4.69, 9.17) is 4.74 Å². The van der Waals surface area contributed by atoms with Crippen LogP contribution in [-0.4, -0.2) is 21.1 Å². The largest absolute Gasteiger partial charge is 0.381 e. The third-order valence-corrected chi connectivity index (χ3v) is 3.65. The van der Waals surface area contributed by atoms with Crippen LogP contribution in [0.5, 0.6) is 0 Å². The van der Waals surface area contributed by atoms with E-state index in [2.05, 4.69) is 4.98 Å². The van der Waals surface area contributed by atoms with Crippen LogP contribution in [0.2, 0.25) is 0 Å². The van der Waals surface area contributed by atoms with Crippen molar-refractivity contribution in [3.63, 3.8) is 0 Å². The van der Waals surface area contributed by atoms with Crippen molar-refractivity contribution in [1.82, 2.24) is 9.55 Å². The summed E-state index contributed by atoms with van der Waals surface area (Å²) >= 11 is 0. The van der Waals surface area contributed by atoms with E-state index in [0.29, 0.717) is 13.2 Å². The fourth-order valence-electron chi connectivity index (χ4n) is 2.48. The van der Waals surface area contributed by atoms with Crippen molar-refractivity contribution < 1.29 is 9.66 Å². The Morgan fingerprint density at radius 3 is 2.12 bits per heavy atom. The van der Waals surface area contributed by atoms with Gasteiger partial charge in [0.2, 0.25) is 6.33 Å².